The maximum Gasteiger partial charge on any atom is 0.328 e. The van der Waals surface area contributed by atoms with E-state index in [4.69, 9.17) is 9.47 Å². The molecule has 0 aromatic heterocycles. The summed E-state index contributed by atoms with van der Waals surface area (Å²) in [7, 11) is 2.76. The van der Waals surface area contributed by atoms with Crippen molar-refractivity contribution >= 4 is 27.8 Å². The number of nitrogens with one attached hydrogen (secondary N) is 1. The average molecular weight is 406 g/mol. The van der Waals surface area contributed by atoms with Crippen molar-refractivity contribution in [3.05, 3.63) is 70.2 Å². The Hall–Kier alpha value is -2.18. The standard InChI is InChI=1S/C19H20BrNO4/c1-24-17(14-8-4-3-5-9-14)18(22)21-16(19(23)25-2)12-13-7-6-10-15(20)11-13/h3-11,16-17H,12H2,1-2H3,(H,21,22)/t16-,17-/m0/s1. The highest BCUT2D eigenvalue weighted by Crippen LogP contribution is 2.18. The SMILES string of the molecule is COC(=O)[C@H](Cc1cccc(Br)c1)NC(=O)[C@@H](OC)c1ccccc1. The molecule has 0 saturated heterocycles. The van der Waals surface area contributed by atoms with Gasteiger partial charge in [0.05, 0.1) is 7.11 Å². The Morgan fingerprint density at radius 3 is 2.40 bits per heavy atom. The Balaban J connectivity index is 2.15. The smallest absolute Gasteiger partial charge is 0.328 e. The van der Waals surface area contributed by atoms with Crippen LogP contribution in [0.3, 0.4) is 0 Å². The summed E-state index contributed by atoms with van der Waals surface area (Å²) in [4.78, 5) is 24.7. The van der Waals surface area contributed by atoms with Crippen LogP contribution in [0.5, 0.6) is 0 Å². The highest BCUT2D eigenvalue weighted by molar-refractivity contribution is 9.10. The quantitative estimate of drug-likeness (QED) is 0.718. The van der Waals surface area contributed by atoms with Crippen molar-refractivity contribution < 1.29 is 19.1 Å². The van der Waals surface area contributed by atoms with Crippen LogP contribution in [-0.2, 0) is 25.5 Å². The van der Waals surface area contributed by atoms with Crippen LogP contribution in [-0.4, -0.2) is 32.1 Å². The number of rotatable bonds is 7. The minimum atomic E-state index is -0.798. The van der Waals surface area contributed by atoms with Gasteiger partial charge in [0.25, 0.3) is 5.91 Å². The summed E-state index contributed by atoms with van der Waals surface area (Å²) in [6.45, 7) is 0. The molecule has 2 aromatic carbocycles. The predicted octanol–water partition coefficient (Wildman–Crippen LogP) is 3.04. The van der Waals surface area contributed by atoms with Gasteiger partial charge in [-0.25, -0.2) is 4.79 Å². The molecular weight excluding hydrogens is 386 g/mol. The van der Waals surface area contributed by atoms with E-state index in [1.54, 1.807) is 12.1 Å². The van der Waals surface area contributed by atoms with Crippen molar-refractivity contribution in [2.75, 3.05) is 14.2 Å². The molecule has 2 atom stereocenters. The van der Waals surface area contributed by atoms with Gasteiger partial charge in [-0.05, 0) is 23.3 Å². The van der Waals surface area contributed by atoms with Crippen LogP contribution >= 0.6 is 15.9 Å². The fraction of sp³-hybridized carbons (Fsp3) is 0.263. The number of esters is 1. The number of methoxy groups -OCH3 is 2. The van der Waals surface area contributed by atoms with Crippen LogP contribution in [0, 0.1) is 0 Å². The third kappa shape index (κ3) is 5.41. The predicted molar refractivity (Wildman–Crippen MR) is 98.0 cm³/mol. The molecule has 0 aliphatic heterocycles. The lowest BCUT2D eigenvalue weighted by molar-refractivity contribution is -0.146. The molecule has 0 heterocycles. The van der Waals surface area contributed by atoms with Crippen LogP contribution in [0.2, 0.25) is 0 Å². The molecule has 25 heavy (non-hydrogen) atoms. The molecule has 0 radical (unpaired) electrons. The Morgan fingerprint density at radius 2 is 1.80 bits per heavy atom. The summed E-state index contributed by atoms with van der Waals surface area (Å²) < 4.78 is 11.0. The first kappa shape index (κ1) is 19.1. The number of benzene rings is 2. The van der Waals surface area contributed by atoms with Gasteiger partial charge in [0, 0.05) is 18.0 Å². The number of amides is 1. The van der Waals surface area contributed by atoms with E-state index in [2.05, 4.69) is 21.2 Å². The van der Waals surface area contributed by atoms with Gasteiger partial charge in [-0.15, -0.1) is 0 Å². The van der Waals surface area contributed by atoms with Gasteiger partial charge in [0.15, 0.2) is 6.10 Å². The third-order valence-electron chi connectivity index (χ3n) is 3.71. The first-order chi connectivity index (χ1) is 12.0. The van der Waals surface area contributed by atoms with Crippen LogP contribution < -0.4 is 5.32 Å². The summed E-state index contributed by atoms with van der Waals surface area (Å²) in [6.07, 6.45) is -0.473. The zero-order valence-electron chi connectivity index (χ0n) is 14.1. The average Bonchev–Trinajstić information content (AvgIpc) is 2.62. The normalized spacial score (nSPS) is 12.9. The van der Waals surface area contributed by atoms with E-state index in [1.807, 2.05) is 42.5 Å². The van der Waals surface area contributed by atoms with Gasteiger partial charge in [0.1, 0.15) is 6.04 Å². The first-order valence-corrected chi connectivity index (χ1v) is 8.55. The number of halogens is 1. The zero-order valence-corrected chi connectivity index (χ0v) is 15.7. The van der Waals surface area contributed by atoms with E-state index in [-0.39, 0.29) is 5.91 Å². The lowest BCUT2D eigenvalue weighted by Gasteiger charge is -2.21. The van der Waals surface area contributed by atoms with Crippen LogP contribution in [0.25, 0.3) is 0 Å². The summed E-state index contributed by atoms with van der Waals surface area (Å²) in [5.74, 6) is -0.893. The largest absolute Gasteiger partial charge is 0.467 e. The molecule has 0 fully saturated rings. The van der Waals surface area contributed by atoms with E-state index in [1.165, 1.54) is 14.2 Å². The third-order valence-corrected chi connectivity index (χ3v) is 4.20. The molecule has 0 unspecified atom stereocenters. The fourth-order valence-corrected chi connectivity index (χ4v) is 2.95. The molecule has 132 valence electrons. The molecule has 1 N–H and O–H groups in total. The zero-order chi connectivity index (χ0) is 18.2. The molecule has 5 nitrogen and oxygen atoms in total. The van der Waals surface area contributed by atoms with Crippen molar-refractivity contribution in [3.8, 4) is 0 Å². The maximum atomic E-state index is 12.6. The topological polar surface area (TPSA) is 64.6 Å². The molecule has 0 saturated carbocycles. The summed E-state index contributed by atoms with van der Waals surface area (Å²) in [5, 5.41) is 2.73. The number of hydrogen-bond acceptors (Lipinski definition) is 4. The van der Waals surface area contributed by atoms with Gasteiger partial charge < -0.3 is 14.8 Å². The van der Waals surface area contributed by atoms with E-state index in [0.717, 1.165) is 10.0 Å². The van der Waals surface area contributed by atoms with Crippen molar-refractivity contribution in [1.29, 1.82) is 0 Å². The molecular formula is C19H20BrNO4. The Kier molecular flexibility index (Phi) is 7.16. The van der Waals surface area contributed by atoms with E-state index >= 15 is 0 Å². The van der Waals surface area contributed by atoms with Crippen LogP contribution in [0.4, 0.5) is 0 Å². The Bertz CT molecular complexity index is 720. The Morgan fingerprint density at radius 1 is 1.08 bits per heavy atom. The molecule has 0 aliphatic carbocycles. The second-order valence-corrected chi connectivity index (χ2v) is 6.36. The molecule has 0 bridgehead atoms. The second-order valence-electron chi connectivity index (χ2n) is 5.44. The number of carbonyl (C=O) groups is 2. The number of carbonyl (C=O) groups excluding carboxylic acids is 2. The summed E-state index contributed by atoms with van der Waals surface area (Å²) in [5.41, 5.74) is 1.62. The fourth-order valence-electron chi connectivity index (χ4n) is 2.50. The number of hydrogen-bond donors (Lipinski definition) is 1. The van der Waals surface area contributed by atoms with Crippen molar-refractivity contribution in [2.24, 2.45) is 0 Å². The summed E-state index contributed by atoms with van der Waals surface area (Å²) >= 11 is 3.40. The molecule has 6 heteroatoms. The highest BCUT2D eigenvalue weighted by Gasteiger charge is 2.27. The van der Waals surface area contributed by atoms with Crippen LogP contribution in [0.15, 0.2) is 59.1 Å². The lowest BCUT2D eigenvalue weighted by atomic mass is 10.0. The van der Waals surface area contributed by atoms with Crippen molar-refractivity contribution in [2.45, 2.75) is 18.6 Å². The van der Waals surface area contributed by atoms with Gasteiger partial charge in [-0.3, -0.25) is 4.79 Å². The van der Waals surface area contributed by atoms with Gasteiger partial charge in [-0.1, -0.05) is 58.4 Å². The summed E-state index contributed by atoms with van der Waals surface area (Å²) in [6, 6.07) is 15.9. The number of ether oxygens (including phenoxy) is 2. The minimum Gasteiger partial charge on any atom is -0.467 e. The van der Waals surface area contributed by atoms with Gasteiger partial charge >= 0.3 is 5.97 Å². The molecule has 1 amide bonds. The minimum absolute atomic E-state index is 0.322. The molecule has 0 aliphatic rings. The molecule has 2 aromatic rings. The van der Waals surface area contributed by atoms with Crippen molar-refractivity contribution in [3.63, 3.8) is 0 Å². The lowest BCUT2D eigenvalue weighted by Crippen LogP contribution is -2.45. The molecule has 2 rings (SSSR count). The van der Waals surface area contributed by atoms with Crippen molar-refractivity contribution in [1.82, 2.24) is 5.32 Å². The van der Waals surface area contributed by atoms with E-state index in [9.17, 15) is 9.59 Å². The maximum absolute atomic E-state index is 12.6. The monoisotopic (exact) mass is 405 g/mol. The first-order valence-electron chi connectivity index (χ1n) is 7.75. The molecule has 0 spiro atoms. The van der Waals surface area contributed by atoms with Gasteiger partial charge in [0.2, 0.25) is 0 Å². The highest BCUT2D eigenvalue weighted by atomic mass is 79.9. The Labute approximate surface area is 155 Å². The van der Waals surface area contributed by atoms with Crippen LogP contribution in [0.1, 0.15) is 17.2 Å². The second kappa shape index (κ2) is 9.34. The van der Waals surface area contributed by atoms with E-state index in [0.29, 0.717) is 12.0 Å². The van der Waals surface area contributed by atoms with E-state index < -0.39 is 18.1 Å². The van der Waals surface area contributed by atoms with Gasteiger partial charge in [-0.2, -0.15) is 0 Å².